The zero-order valence-corrected chi connectivity index (χ0v) is 32.7. The molecule has 0 aliphatic carbocycles. The summed E-state index contributed by atoms with van der Waals surface area (Å²) in [5.74, 6) is -3.80. The summed E-state index contributed by atoms with van der Waals surface area (Å²) < 4.78 is 0. The molecule has 0 radical (unpaired) electrons. The van der Waals surface area contributed by atoms with E-state index < -0.39 is 53.8 Å². The van der Waals surface area contributed by atoms with Gasteiger partial charge in [-0.25, -0.2) is 4.79 Å². The van der Waals surface area contributed by atoms with Crippen molar-refractivity contribution >= 4 is 40.4 Å². The fourth-order valence-corrected chi connectivity index (χ4v) is 6.86. The molecule has 0 saturated heterocycles. The van der Waals surface area contributed by atoms with Crippen molar-refractivity contribution < 1.29 is 39.3 Å². The van der Waals surface area contributed by atoms with Gasteiger partial charge in [0.05, 0.1) is 6.42 Å². The van der Waals surface area contributed by atoms with Crippen molar-refractivity contribution in [3.05, 3.63) is 179 Å². The number of amides is 4. The lowest BCUT2D eigenvalue weighted by molar-refractivity contribution is -0.142. The maximum absolute atomic E-state index is 14.4. The normalized spacial score (nSPS) is 12.9. The van der Waals surface area contributed by atoms with Gasteiger partial charge in [0.15, 0.2) is 0 Å². The SMILES string of the molecule is O=C(Cc1ccc2ccccc2c1)N[C@@H](Cc1ccc(O)cc1)C(=O)N[C@@H](Cc1ccccc1)C(=O)N[C@@H](Cc1ccccc1)C(=O)N[C@@H](Cc1ccc(O)cc1)C(=O)O. The molecule has 12 nitrogen and oxygen atoms in total. The summed E-state index contributed by atoms with van der Waals surface area (Å²) in [5, 5.41) is 42.7. The molecule has 0 unspecified atom stereocenters. The Labute approximate surface area is 347 Å². The highest BCUT2D eigenvalue weighted by Crippen LogP contribution is 2.18. The van der Waals surface area contributed by atoms with Crippen LogP contribution in [0, 0.1) is 0 Å². The molecule has 0 fully saturated rings. The van der Waals surface area contributed by atoms with Gasteiger partial charge >= 0.3 is 5.97 Å². The Bertz CT molecular complexity index is 2410. The molecule has 0 aliphatic rings. The number of rotatable bonds is 18. The fraction of sp³-hybridized carbons (Fsp3) is 0.188. The van der Waals surface area contributed by atoms with Crippen LogP contribution in [0.2, 0.25) is 0 Å². The standard InChI is InChI=1S/C48H46N4O8/c53-38-21-16-33(17-22-38)28-40(49-44(55)30-35-15-20-36-13-7-8-14-37(36)25-35)45(56)50-41(26-31-9-3-1-4-10-31)46(57)51-42(27-32-11-5-2-6-12-32)47(58)52-43(48(59)60)29-34-18-23-39(54)24-19-34/h1-25,40-43,53-54H,26-30H2,(H,49,55)(H,50,56)(H,51,57)(H,52,58)(H,59,60)/t40-,41-,42-,43-/m0/s1. The Kier molecular flexibility index (Phi) is 14.3. The lowest BCUT2D eigenvalue weighted by Gasteiger charge is -2.26. The van der Waals surface area contributed by atoms with Crippen molar-refractivity contribution in [2.75, 3.05) is 0 Å². The summed E-state index contributed by atoms with van der Waals surface area (Å²) in [6, 6.07) is 38.5. The third kappa shape index (κ3) is 12.3. The number of hydrogen-bond acceptors (Lipinski definition) is 7. The summed E-state index contributed by atoms with van der Waals surface area (Å²) in [6.45, 7) is 0. The van der Waals surface area contributed by atoms with E-state index in [1.807, 2.05) is 48.5 Å². The fourth-order valence-electron chi connectivity index (χ4n) is 6.86. The van der Waals surface area contributed by atoms with Crippen LogP contribution in [0.25, 0.3) is 10.8 Å². The van der Waals surface area contributed by atoms with Gasteiger partial charge in [-0.2, -0.15) is 0 Å². The second-order valence-electron chi connectivity index (χ2n) is 14.6. The lowest BCUT2D eigenvalue weighted by atomic mass is 10.00. The third-order valence-electron chi connectivity index (χ3n) is 10.0. The number of nitrogens with one attached hydrogen (secondary N) is 4. The summed E-state index contributed by atoms with van der Waals surface area (Å²) in [4.78, 5) is 68.5. The van der Waals surface area contributed by atoms with Gasteiger partial charge in [-0.05, 0) is 62.9 Å². The lowest BCUT2D eigenvalue weighted by Crippen LogP contribution is -2.59. The Morgan fingerprint density at radius 3 is 1.23 bits per heavy atom. The number of benzene rings is 6. The van der Waals surface area contributed by atoms with Gasteiger partial charge in [0, 0.05) is 25.7 Å². The van der Waals surface area contributed by atoms with Crippen molar-refractivity contribution in [1.29, 1.82) is 0 Å². The van der Waals surface area contributed by atoms with Crippen LogP contribution in [0.4, 0.5) is 0 Å². The number of hydrogen-bond donors (Lipinski definition) is 7. The van der Waals surface area contributed by atoms with E-state index in [1.165, 1.54) is 24.3 Å². The topological polar surface area (TPSA) is 194 Å². The van der Waals surface area contributed by atoms with E-state index in [0.29, 0.717) is 22.3 Å². The Hall–Kier alpha value is -7.47. The van der Waals surface area contributed by atoms with E-state index in [2.05, 4.69) is 21.3 Å². The highest BCUT2D eigenvalue weighted by Gasteiger charge is 2.32. The van der Waals surface area contributed by atoms with Crippen LogP contribution in [0.1, 0.15) is 27.8 Å². The molecule has 6 aromatic carbocycles. The van der Waals surface area contributed by atoms with Crippen LogP contribution in [-0.2, 0) is 56.1 Å². The number of carbonyl (C=O) groups is 5. The molecule has 60 heavy (non-hydrogen) atoms. The predicted molar refractivity (Wildman–Crippen MR) is 227 cm³/mol. The monoisotopic (exact) mass is 806 g/mol. The first-order valence-electron chi connectivity index (χ1n) is 19.5. The Balaban J connectivity index is 1.24. The van der Waals surface area contributed by atoms with E-state index in [-0.39, 0.29) is 43.6 Å². The van der Waals surface area contributed by atoms with Gasteiger partial charge in [0.25, 0.3) is 0 Å². The van der Waals surface area contributed by atoms with Crippen LogP contribution in [0.15, 0.2) is 152 Å². The van der Waals surface area contributed by atoms with Gasteiger partial charge in [-0.1, -0.05) is 127 Å². The minimum atomic E-state index is -1.36. The first-order chi connectivity index (χ1) is 29.0. The highest BCUT2D eigenvalue weighted by atomic mass is 16.4. The minimum absolute atomic E-state index is 0.00424. The van der Waals surface area contributed by atoms with E-state index in [1.54, 1.807) is 78.9 Å². The number of aliphatic carboxylic acids is 1. The molecule has 6 aromatic rings. The minimum Gasteiger partial charge on any atom is -0.508 e. The second-order valence-corrected chi connectivity index (χ2v) is 14.6. The number of phenols is 2. The first-order valence-corrected chi connectivity index (χ1v) is 19.5. The van der Waals surface area contributed by atoms with Crippen molar-refractivity contribution in [2.24, 2.45) is 0 Å². The zero-order chi connectivity index (χ0) is 42.4. The second kappa shape index (κ2) is 20.3. The molecule has 0 aliphatic heterocycles. The molecule has 0 heterocycles. The molecule has 12 heteroatoms. The van der Waals surface area contributed by atoms with E-state index in [4.69, 9.17) is 0 Å². The third-order valence-corrected chi connectivity index (χ3v) is 10.0. The maximum Gasteiger partial charge on any atom is 0.326 e. The highest BCUT2D eigenvalue weighted by molar-refractivity contribution is 5.96. The van der Waals surface area contributed by atoms with Gasteiger partial charge in [-0.3, -0.25) is 19.2 Å². The van der Waals surface area contributed by atoms with Crippen LogP contribution in [0.5, 0.6) is 11.5 Å². The number of carbonyl (C=O) groups excluding carboxylic acids is 4. The molecule has 4 atom stereocenters. The number of phenolic OH excluding ortho intramolecular Hbond substituents is 2. The number of carboxylic acids is 1. The molecule has 0 saturated carbocycles. The molecule has 0 bridgehead atoms. The van der Waals surface area contributed by atoms with Gasteiger partial charge in [-0.15, -0.1) is 0 Å². The average molecular weight is 807 g/mol. The maximum atomic E-state index is 14.4. The molecular formula is C48H46N4O8. The summed E-state index contributed by atoms with van der Waals surface area (Å²) in [6.07, 6.45) is -0.0443. The molecule has 4 amide bonds. The van der Waals surface area contributed by atoms with Gasteiger partial charge in [0.1, 0.15) is 35.7 Å². The van der Waals surface area contributed by atoms with Gasteiger partial charge < -0.3 is 36.6 Å². The quantitative estimate of drug-likeness (QED) is 0.0645. The molecule has 0 spiro atoms. The van der Waals surface area contributed by atoms with Crippen molar-refractivity contribution in [1.82, 2.24) is 21.3 Å². The molecular weight excluding hydrogens is 761 g/mol. The van der Waals surface area contributed by atoms with Gasteiger partial charge in [0.2, 0.25) is 23.6 Å². The molecule has 0 aromatic heterocycles. The zero-order valence-electron chi connectivity index (χ0n) is 32.7. The molecule has 6 rings (SSSR count). The number of fused-ring (bicyclic) bond motifs is 1. The average Bonchev–Trinajstić information content (AvgIpc) is 3.24. The van der Waals surface area contributed by atoms with Crippen molar-refractivity contribution in [2.45, 2.75) is 56.3 Å². The Morgan fingerprint density at radius 1 is 0.400 bits per heavy atom. The molecule has 7 N–H and O–H groups in total. The van der Waals surface area contributed by atoms with E-state index in [9.17, 15) is 39.3 Å². The van der Waals surface area contributed by atoms with Crippen LogP contribution >= 0.6 is 0 Å². The number of carboxylic acid groups (broad SMARTS) is 1. The first kappa shape index (κ1) is 42.1. The smallest absolute Gasteiger partial charge is 0.326 e. The van der Waals surface area contributed by atoms with Crippen LogP contribution in [-0.4, -0.2) is 69.1 Å². The Morgan fingerprint density at radius 2 is 0.767 bits per heavy atom. The number of aromatic hydroxyl groups is 2. The van der Waals surface area contributed by atoms with E-state index in [0.717, 1.165) is 16.3 Å². The van der Waals surface area contributed by atoms with Crippen LogP contribution in [0.3, 0.4) is 0 Å². The molecule has 306 valence electrons. The van der Waals surface area contributed by atoms with Crippen molar-refractivity contribution in [3.8, 4) is 11.5 Å². The van der Waals surface area contributed by atoms with Crippen molar-refractivity contribution in [3.63, 3.8) is 0 Å². The summed E-state index contributed by atoms with van der Waals surface area (Å²) in [5.41, 5.74) is 3.34. The largest absolute Gasteiger partial charge is 0.508 e. The predicted octanol–water partition coefficient (Wildman–Crippen LogP) is 4.79. The summed E-state index contributed by atoms with van der Waals surface area (Å²) in [7, 11) is 0. The van der Waals surface area contributed by atoms with Crippen LogP contribution < -0.4 is 21.3 Å². The van der Waals surface area contributed by atoms with E-state index >= 15 is 0 Å². The summed E-state index contributed by atoms with van der Waals surface area (Å²) >= 11 is 0.